The van der Waals surface area contributed by atoms with Gasteiger partial charge in [-0.1, -0.05) is 145 Å². The Kier molecular flexibility index (Phi) is 57900. The molecular weight excluding hydrogens is 276 g/mol. The van der Waals surface area contributed by atoms with Gasteiger partial charge in [-0.15, -0.1) is 13.2 Å². The third-order valence-corrected chi connectivity index (χ3v) is 0. The van der Waals surface area contributed by atoms with Crippen LogP contribution >= 0.6 is 0 Å². The van der Waals surface area contributed by atoms with Crippen LogP contribution < -0.4 is 0 Å². The van der Waals surface area contributed by atoms with Crippen molar-refractivity contribution >= 4 is 0 Å². The van der Waals surface area contributed by atoms with Crippen LogP contribution in [0.3, 0.4) is 0 Å². The van der Waals surface area contributed by atoms with E-state index < -0.39 is 0 Å². The molecule has 158 valence electrons. The SMILES string of the molecule is C=C.CC.CC.CC.CC.CC.CC.CC.CC.CC.CCC. The highest BCUT2D eigenvalue weighted by atomic mass is 13.4. The maximum Gasteiger partial charge on any atom is -0.0590 e. The van der Waals surface area contributed by atoms with Crippen LogP contribution in [0, 0.1) is 0 Å². The molecule has 0 bridgehead atoms. The molecule has 0 aromatic rings. The zero-order valence-electron chi connectivity index (χ0n) is 22.1. The van der Waals surface area contributed by atoms with E-state index in [0.717, 1.165) is 0 Å². The Hall–Kier alpha value is -0.260. The lowest BCUT2D eigenvalue weighted by molar-refractivity contribution is 1.09. The van der Waals surface area contributed by atoms with E-state index in [2.05, 4.69) is 27.0 Å². The molecule has 0 aliphatic rings. The molecule has 0 fully saturated rings. The van der Waals surface area contributed by atoms with Gasteiger partial charge in [-0.25, -0.2) is 0 Å². The second kappa shape index (κ2) is 17100. The standard InChI is InChI=1S/C3H8.9C2H6.C2H4/c1-3-2;10*1-2/h3H2,1-2H3;9*1-2H3;1-2H2. The zero-order valence-corrected chi connectivity index (χ0v) is 22.1. The van der Waals surface area contributed by atoms with E-state index in [4.69, 9.17) is 0 Å². The highest BCUT2D eigenvalue weighted by Crippen LogP contribution is 1.56. The van der Waals surface area contributed by atoms with Crippen molar-refractivity contribution in [3.05, 3.63) is 13.2 Å². The molecule has 0 saturated heterocycles. The third-order valence-electron chi connectivity index (χ3n) is 0. The molecule has 0 nitrogen and oxygen atoms in total. The van der Waals surface area contributed by atoms with E-state index in [1.807, 2.05) is 125 Å². The first-order valence-electron chi connectivity index (χ1n) is 10.9. The van der Waals surface area contributed by atoms with Gasteiger partial charge in [-0.05, 0) is 0 Å². The molecule has 0 heterocycles. The molecule has 0 atom stereocenters. The molecular formula is C23H66. The molecule has 0 aliphatic carbocycles. The first-order chi connectivity index (χ1) is 11.4. The van der Waals surface area contributed by atoms with E-state index >= 15 is 0 Å². The summed E-state index contributed by atoms with van der Waals surface area (Å²) >= 11 is 0. The van der Waals surface area contributed by atoms with Crippen LogP contribution in [0.1, 0.15) is 145 Å². The van der Waals surface area contributed by atoms with Crippen LogP contribution in [0.5, 0.6) is 0 Å². The van der Waals surface area contributed by atoms with E-state index in [0.29, 0.717) is 0 Å². The van der Waals surface area contributed by atoms with E-state index in [1.54, 1.807) is 0 Å². The molecule has 0 unspecified atom stereocenters. The summed E-state index contributed by atoms with van der Waals surface area (Å²) in [4.78, 5) is 0. The minimum atomic E-state index is 1.25. The van der Waals surface area contributed by atoms with Crippen molar-refractivity contribution in [3.63, 3.8) is 0 Å². The van der Waals surface area contributed by atoms with E-state index in [9.17, 15) is 0 Å². The molecule has 0 aromatic carbocycles. The second-order valence-corrected chi connectivity index (χ2v) is 0.707. The van der Waals surface area contributed by atoms with Gasteiger partial charge in [0.1, 0.15) is 0 Å². The predicted molar refractivity (Wildman–Crippen MR) is 129 cm³/mol. The van der Waals surface area contributed by atoms with Gasteiger partial charge in [0.15, 0.2) is 0 Å². The van der Waals surface area contributed by atoms with Gasteiger partial charge >= 0.3 is 0 Å². The first-order valence-corrected chi connectivity index (χ1v) is 10.9. The summed E-state index contributed by atoms with van der Waals surface area (Å²) in [6.45, 7) is 46.2. The lowest BCUT2D eigenvalue weighted by Gasteiger charge is -1.48. The lowest BCUT2D eigenvalue weighted by Crippen LogP contribution is -1.27. The molecule has 0 saturated carbocycles. The number of hydrogen-bond acceptors (Lipinski definition) is 0. The molecule has 0 rings (SSSR count). The molecule has 0 N–H and O–H groups in total. The average Bonchev–Trinajstić information content (AvgIpc) is 2.77. The van der Waals surface area contributed by atoms with Crippen molar-refractivity contribution < 1.29 is 0 Å². The monoisotopic (exact) mass is 343 g/mol. The van der Waals surface area contributed by atoms with Gasteiger partial charge in [0.25, 0.3) is 0 Å². The van der Waals surface area contributed by atoms with Gasteiger partial charge in [-0.3, -0.25) is 0 Å². The third kappa shape index (κ3) is 125000. The molecule has 23 heavy (non-hydrogen) atoms. The van der Waals surface area contributed by atoms with Crippen molar-refractivity contribution in [3.8, 4) is 0 Å². The van der Waals surface area contributed by atoms with Crippen molar-refractivity contribution in [2.24, 2.45) is 0 Å². The smallest absolute Gasteiger partial charge is 0.0590 e. The zero-order chi connectivity index (χ0) is 22.7. The van der Waals surface area contributed by atoms with Gasteiger partial charge in [0.05, 0.1) is 0 Å². The Morgan fingerprint density at radius 3 is 0.304 bits per heavy atom. The molecule has 0 aromatic heterocycles. The largest absolute Gasteiger partial charge is 0.106 e. The summed E-state index contributed by atoms with van der Waals surface area (Å²) in [5, 5.41) is 0. The van der Waals surface area contributed by atoms with Crippen molar-refractivity contribution in [1.29, 1.82) is 0 Å². The summed E-state index contributed by atoms with van der Waals surface area (Å²) in [6, 6.07) is 0. The average molecular weight is 343 g/mol. The summed E-state index contributed by atoms with van der Waals surface area (Å²) in [5.41, 5.74) is 0. The van der Waals surface area contributed by atoms with Gasteiger partial charge in [0.2, 0.25) is 0 Å². The quantitative estimate of drug-likeness (QED) is 0.384. The number of rotatable bonds is 0. The minimum Gasteiger partial charge on any atom is -0.106 e. The molecule has 0 spiro atoms. The minimum absolute atomic E-state index is 1.25. The second-order valence-electron chi connectivity index (χ2n) is 0.707. The predicted octanol–water partition coefficient (Wildman–Crippen LogP) is 11.5. The van der Waals surface area contributed by atoms with Crippen LogP contribution in [-0.4, -0.2) is 0 Å². The fourth-order valence-electron chi connectivity index (χ4n) is 0. The molecule has 0 aliphatic heterocycles. The Labute approximate surface area is 158 Å². The van der Waals surface area contributed by atoms with E-state index in [1.165, 1.54) is 6.42 Å². The summed E-state index contributed by atoms with van der Waals surface area (Å²) in [7, 11) is 0. The summed E-state index contributed by atoms with van der Waals surface area (Å²) in [6.07, 6.45) is 1.25. The van der Waals surface area contributed by atoms with Crippen LogP contribution in [0.4, 0.5) is 0 Å². The van der Waals surface area contributed by atoms with Crippen molar-refractivity contribution in [1.82, 2.24) is 0 Å². The first kappa shape index (κ1) is 78.0. The Balaban J connectivity index is -0.00000000768. The normalized spacial score (nSPS) is 3.30. The maximum atomic E-state index is 3.00. The van der Waals surface area contributed by atoms with Gasteiger partial charge < -0.3 is 0 Å². The van der Waals surface area contributed by atoms with Crippen LogP contribution in [0.25, 0.3) is 0 Å². The fraction of sp³-hybridized carbons (Fsp3) is 0.913. The molecule has 0 heteroatoms. The van der Waals surface area contributed by atoms with Crippen molar-refractivity contribution in [2.75, 3.05) is 0 Å². The maximum absolute atomic E-state index is 3.00. The Morgan fingerprint density at radius 2 is 0.304 bits per heavy atom. The van der Waals surface area contributed by atoms with Crippen LogP contribution in [-0.2, 0) is 0 Å². The Bertz CT molecular complexity index is 4.00. The molecule has 0 radical (unpaired) electrons. The fourth-order valence-corrected chi connectivity index (χ4v) is 0. The highest BCUT2D eigenvalue weighted by Gasteiger charge is 1.35. The van der Waals surface area contributed by atoms with Crippen LogP contribution in [0.15, 0.2) is 13.2 Å². The van der Waals surface area contributed by atoms with Gasteiger partial charge in [-0.2, -0.15) is 0 Å². The lowest BCUT2D eigenvalue weighted by atomic mass is 10.6. The highest BCUT2D eigenvalue weighted by molar-refractivity contribution is 4.22. The summed E-state index contributed by atoms with van der Waals surface area (Å²) in [5.74, 6) is 0. The summed E-state index contributed by atoms with van der Waals surface area (Å²) < 4.78 is 0. The van der Waals surface area contributed by atoms with Crippen molar-refractivity contribution in [2.45, 2.75) is 145 Å². The van der Waals surface area contributed by atoms with E-state index in [-0.39, 0.29) is 0 Å². The Morgan fingerprint density at radius 1 is 0.304 bits per heavy atom. The molecule has 0 amide bonds. The topological polar surface area (TPSA) is 0 Å². The van der Waals surface area contributed by atoms with Gasteiger partial charge in [0, 0.05) is 0 Å². The number of hydrogen-bond donors (Lipinski definition) is 0. The van der Waals surface area contributed by atoms with Crippen LogP contribution in [0.2, 0.25) is 0 Å².